The molecule has 1 aliphatic carbocycles. The smallest absolute Gasteiger partial charge is 0.410 e. The van der Waals surface area contributed by atoms with Gasteiger partial charge in [-0.3, -0.25) is 0 Å². The van der Waals surface area contributed by atoms with Crippen LogP contribution in [0.1, 0.15) is 72.4 Å². The van der Waals surface area contributed by atoms with E-state index >= 15 is 0 Å². The third-order valence-corrected chi connectivity index (χ3v) is 5.23. The predicted molar refractivity (Wildman–Crippen MR) is 123 cm³/mol. The van der Waals surface area contributed by atoms with Gasteiger partial charge in [-0.1, -0.05) is 52.0 Å². The first-order valence-corrected chi connectivity index (χ1v) is 10.8. The minimum atomic E-state index is -0.504. The number of benzene rings is 1. The molecule has 0 fully saturated rings. The van der Waals surface area contributed by atoms with Gasteiger partial charge in [0.05, 0.1) is 11.6 Å². The molecule has 4 nitrogen and oxygen atoms in total. The van der Waals surface area contributed by atoms with Crippen LogP contribution in [-0.4, -0.2) is 29.7 Å². The van der Waals surface area contributed by atoms with E-state index in [4.69, 9.17) is 10.00 Å². The first-order chi connectivity index (χ1) is 13.9. The van der Waals surface area contributed by atoms with Gasteiger partial charge >= 0.3 is 6.09 Å². The molecule has 1 aromatic carbocycles. The highest BCUT2D eigenvalue weighted by atomic mass is 16.6. The van der Waals surface area contributed by atoms with Crippen molar-refractivity contribution in [3.63, 3.8) is 0 Å². The Labute approximate surface area is 182 Å². The highest BCUT2D eigenvalue weighted by molar-refractivity contribution is 5.74. The van der Waals surface area contributed by atoms with E-state index in [1.54, 1.807) is 0 Å². The second-order valence-corrected chi connectivity index (χ2v) is 10.2. The van der Waals surface area contributed by atoms with Crippen molar-refractivity contribution in [3.05, 3.63) is 53.1 Å². The third-order valence-electron chi connectivity index (χ3n) is 5.23. The maximum Gasteiger partial charge on any atom is 0.410 e. The number of carbonyl (C=O) groups is 1. The molecule has 0 saturated carbocycles. The van der Waals surface area contributed by atoms with Crippen LogP contribution in [0.5, 0.6) is 0 Å². The molecule has 162 valence electrons. The van der Waals surface area contributed by atoms with E-state index in [1.165, 1.54) is 11.1 Å². The van der Waals surface area contributed by atoms with Crippen molar-refractivity contribution >= 4 is 11.7 Å². The van der Waals surface area contributed by atoms with E-state index in [-0.39, 0.29) is 11.5 Å². The molecule has 0 radical (unpaired) electrons. The monoisotopic (exact) mass is 408 g/mol. The van der Waals surface area contributed by atoms with E-state index < -0.39 is 5.60 Å². The van der Waals surface area contributed by atoms with E-state index in [0.717, 1.165) is 18.4 Å². The number of hydrogen-bond donors (Lipinski definition) is 0. The number of ether oxygens (including phenoxy) is 1. The molecule has 2 rings (SSSR count). The molecular weight excluding hydrogens is 372 g/mol. The van der Waals surface area contributed by atoms with Gasteiger partial charge in [0.1, 0.15) is 5.60 Å². The van der Waals surface area contributed by atoms with Crippen molar-refractivity contribution in [2.24, 2.45) is 11.3 Å². The van der Waals surface area contributed by atoms with Gasteiger partial charge in [0.2, 0.25) is 0 Å². The van der Waals surface area contributed by atoms with Crippen molar-refractivity contribution in [2.45, 2.75) is 66.9 Å². The minimum absolute atomic E-state index is 0.0596. The van der Waals surface area contributed by atoms with E-state index in [1.807, 2.05) is 49.9 Å². The first-order valence-electron chi connectivity index (χ1n) is 10.8. The Morgan fingerprint density at radius 3 is 2.33 bits per heavy atom. The number of hydrogen-bond acceptors (Lipinski definition) is 3. The molecule has 0 atom stereocenters. The molecule has 0 N–H and O–H groups in total. The number of nitriles is 1. The van der Waals surface area contributed by atoms with Gasteiger partial charge < -0.3 is 9.64 Å². The summed E-state index contributed by atoms with van der Waals surface area (Å²) < 4.78 is 5.66. The van der Waals surface area contributed by atoms with Crippen LogP contribution in [0.25, 0.3) is 5.57 Å². The predicted octanol–water partition coefficient (Wildman–Crippen LogP) is 6.58. The molecule has 0 aromatic heterocycles. The van der Waals surface area contributed by atoms with E-state index in [9.17, 15) is 4.79 Å². The second-order valence-electron chi connectivity index (χ2n) is 10.2. The number of carbonyl (C=O) groups excluding carboxylic acids is 1. The highest BCUT2D eigenvalue weighted by Gasteiger charge is 2.30. The largest absolute Gasteiger partial charge is 0.444 e. The lowest BCUT2D eigenvalue weighted by atomic mass is 9.72. The van der Waals surface area contributed by atoms with Gasteiger partial charge in [-0.25, -0.2) is 4.79 Å². The molecule has 1 aliphatic rings. The minimum Gasteiger partial charge on any atom is -0.444 e. The van der Waals surface area contributed by atoms with Crippen LogP contribution < -0.4 is 0 Å². The van der Waals surface area contributed by atoms with Crippen molar-refractivity contribution < 1.29 is 9.53 Å². The standard InChI is InChI=1S/C26H36N2O2/c1-19(2)14-15-28(24(29)30-25(3,4)5)18-21-10-13-23(26(6,7)16-21)22-11-8-20(17-27)9-12-22/h8-13,19H,14-16,18H2,1-7H3. The normalized spacial score (nSPS) is 15.8. The fourth-order valence-electron chi connectivity index (χ4n) is 3.69. The van der Waals surface area contributed by atoms with Gasteiger partial charge in [0.15, 0.2) is 0 Å². The maximum absolute atomic E-state index is 12.8. The maximum atomic E-state index is 12.8. The number of amides is 1. The SMILES string of the molecule is CC(C)CCN(CC1=CC=C(c2ccc(C#N)cc2)C(C)(C)C1)C(=O)OC(C)(C)C. The summed E-state index contributed by atoms with van der Waals surface area (Å²) in [6.45, 7) is 15.8. The Kier molecular flexibility index (Phi) is 7.53. The summed E-state index contributed by atoms with van der Waals surface area (Å²) in [5.41, 5.74) is 3.72. The Bertz CT molecular complexity index is 847. The summed E-state index contributed by atoms with van der Waals surface area (Å²) in [5.74, 6) is 0.523. The molecule has 0 aliphatic heterocycles. The zero-order valence-corrected chi connectivity index (χ0v) is 19.6. The molecule has 0 saturated heterocycles. The lowest BCUT2D eigenvalue weighted by Gasteiger charge is -2.35. The highest BCUT2D eigenvalue weighted by Crippen LogP contribution is 2.43. The Morgan fingerprint density at radius 1 is 1.20 bits per heavy atom. The zero-order chi connectivity index (χ0) is 22.5. The molecule has 4 heteroatoms. The summed E-state index contributed by atoms with van der Waals surface area (Å²) >= 11 is 0. The summed E-state index contributed by atoms with van der Waals surface area (Å²) in [4.78, 5) is 14.6. The molecular formula is C26H36N2O2. The van der Waals surface area contributed by atoms with Crippen molar-refractivity contribution in [1.29, 1.82) is 5.26 Å². The summed E-state index contributed by atoms with van der Waals surface area (Å²) in [6.07, 6.45) is 5.88. The Morgan fingerprint density at radius 2 is 1.83 bits per heavy atom. The summed E-state index contributed by atoms with van der Waals surface area (Å²) in [7, 11) is 0. The molecule has 0 unspecified atom stereocenters. The van der Waals surface area contributed by atoms with Crippen LogP contribution in [0.4, 0.5) is 4.79 Å². The molecule has 0 spiro atoms. The molecule has 1 aromatic rings. The van der Waals surface area contributed by atoms with Crippen LogP contribution >= 0.6 is 0 Å². The Balaban J connectivity index is 2.23. The number of allylic oxidation sites excluding steroid dienone is 3. The molecule has 1 amide bonds. The third kappa shape index (κ3) is 6.76. The topological polar surface area (TPSA) is 53.3 Å². The van der Waals surface area contributed by atoms with Crippen LogP contribution in [0.2, 0.25) is 0 Å². The van der Waals surface area contributed by atoms with Crippen LogP contribution in [0.3, 0.4) is 0 Å². The van der Waals surface area contributed by atoms with E-state index in [2.05, 4.69) is 45.9 Å². The van der Waals surface area contributed by atoms with Gasteiger partial charge in [-0.2, -0.15) is 5.26 Å². The molecule has 30 heavy (non-hydrogen) atoms. The fourth-order valence-corrected chi connectivity index (χ4v) is 3.69. The van der Waals surface area contributed by atoms with E-state index in [0.29, 0.717) is 24.6 Å². The van der Waals surface area contributed by atoms with Crippen LogP contribution in [0.15, 0.2) is 42.0 Å². The summed E-state index contributed by atoms with van der Waals surface area (Å²) in [6, 6.07) is 9.93. The zero-order valence-electron chi connectivity index (χ0n) is 19.6. The van der Waals surface area contributed by atoms with Gasteiger partial charge in [-0.15, -0.1) is 0 Å². The second kappa shape index (κ2) is 9.51. The van der Waals surface area contributed by atoms with Gasteiger partial charge in [0, 0.05) is 13.1 Å². The Hall–Kier alpha value is -2.54. The summed E-state index contributed by atoms with van der Waals surface area (Å²) in [5, 5.41) is 9.04. The lowest BCUT2D eigenvalue weighted by Crippen LogP contribution is -2.39. The number of rotatable bonds is 6. The van der Waals surface area contributed by atoms with Crippen molar-refractivity contribution in [1.82, 2.24) is 4.90 Å². The average Bonchev–Trinajstić information content (AvgIpc) is 2.63. The van der Waals surface area contributed by atoms with Crippen LogP contribution in [0, 0.1) is 22.7 Å². The van der Waals surface area contributed by atoms with Crippen LogP contribution in [-0.2, 0) is 4.74 Å². The molecule has 0 bridgehead atoms. The van der Waals surface area contributed by atoms with Gasteiger partial charge in [-0.05, 0) is 73.8 Å². The van der Waals surface area contributed by atoms with Crippen molar-refractivity contribution in [2.75, 3.05) is 13.1 Å². The fraction of sp³-hybridized carbons (Fsp3) is 0.538. The van der Waals surface area contributed by atoms with Gasteiger partial charge in [0.25, 0.3) is 0 Å². The van der Waals surface area contributed by atoms with Crippen molar-refractivity contribution in [3.8, 4) is 6.07 Å². The number of nitrogens with zero attached hydrogens (tertiary/aromatic N) is 2. The lowest BCUT2D eigenvalue weighted by molar-refractivity contribution is 0.0257. The first kappa shape index (κ1) is 23.7. The quantitative estimate of drug-likeness (QED) is 0.534. The average molecular weight is 409 g/mol. The molecule has 0 heterocycles.